The Morgan fingerprint density at radius 3 is 2.08 bits per heavy atom. The molecule has 0 spiro atoms. The number of hydrogen-bond donors (Lipinski definition) is 0. The van der Waals surface area contributed by atoms with Crippen molar-refractivity contribution in [1.29, 1.82) is 0 Å². The van der Waals surface area contributed by atoms with Gasteiger partial charge in [0, 0.05) is 0 Å². The van der Waals surface area contributed by atoms with E-state index in [9.17, 15) is 9.59 Å². The van der Waals surface area contributed by atoms with Gasteiger partial charge in [0.1, 0.15) is 0 Å². The van der Waals surface area contributed by atoms with E-state index in [0.29, 0.717) is 5.57 Å². The lowest BCUT2D eigenvalue weighted by atomic mass is 9.78. The van der Waals surface area contributed by atoms with E-state index < -0.39 is 17.4 Å². The van der Waals surface area contributed by atoms with Crippen LogP contribution in [0, 0.1) is 5.41 Å². The van der Waals surface area contributed by atoms with Gasteiger partial charge in [-0.25, -0.2) is 0 Å². The highest BCUT2D eigenvalue weighted by molar-refractivity contribution is 6.13. The van der Waals surface area contributed by atoms with Crippen LogP contribution in [-0.2, 0) is 19.1 Å². The summed E-state index contributed by atoms with van der Waals surface area (Å²) in [6.45, 7) is 9.31. The third-order valence-electron chi connectivity index (χ3n) is 4.09. The van der Waals surface area contributed by atoms with E-state index in [2.05, 4.69) is 6.58 Å². The predicted octanol–water partition coefficient (Wildman–Crippen LogP) is 3.99. The zero-order valence-corrected chi connectivity index (χ0v) is 14.3. The van der Waals surface area contributed by atoms with Crippen LogP contribution in [0.1, 0.15) is 26.3 Å². The molecule has 2 aromatic rings. The Hall–Kier alpha value is -2.62. The third-order valence-corrected chi connectivity index (χ3v) is 4.09. The van der Waals surface area contributed by atoms with Crippen molar-refractivity contribution >= 4 is 28.3 Å². The van der Waals surface area contributed by atoms with Crippen molar-refractivity contribution in [3.8, 4) is 0 Å². The zero-order valence-electron chi connectivity index (χ0n) is 14.3. The first-order chi connectivity index (χ1) is 11.5. The van der Waals surface area contributed by atoms with Crippen LogP contribution in [0.15, 0.2) is 49.0 Å². The Kier molecular flexibility index (Phi) is 5.39. The topological polar surface area (TPSA) is 52.6 Å². The van der Waals surface area contributed by atoms with Crippen LogP contribution in [0.5, 0.6) is 0 Å². The largest absolute Gasteiger partial charge is 0.465 e. The summed E-state index contributed by atoms with van der Waals surface area (Å²) in [5.74, 6) is -1.30. The molecule has 0 aliphatic heterocycles. The first-order valence-electron chi connectivity index (χ1n) is 7.98. The van der Waals surface area contributed by atoms with Gasteiger partial charge in [-0.3, -0.25) is 9.59 Å². The fourth-order valence-electron chi connectivity index (χ4n) is 2.64. The van der Waals surface area contributed by atoms with Crippen LogP contribution < -0.4 is 0 Å². The van der Waals surface area contributed by atoms with Gasteiger partial charge in [0.25, 0.3) is 0 Å². The molecule has 126 valence electrons. The van der Waals surface area contributed by atoms with Crippen LogP contribution in [0.4, 0.5) is 0 Å². The average Bonchev–Trinajstić information content (AvgIpc) is 2.60. The van der Waals surface area contributed by atoms with Crippen molar-refractivity contribution < 1.29 is 19.1 Å². The van der Waals surface area contributed by atoms with E-state index in [0.717, 1.165) is 16.3 Å². The predicted molar refractivity (Wildman–Crippen MR) is 94.4 cm³/mol. The molecule has 0 aliphatic carbocycles. The highest BCUT2D eigenvalue weighted by Gasteiger charge is 2.47. The van der Waals surface area contributed by atoms with Gasteiger partial charge in [-0.1, -0.05) is 49.0 Å². The first-order valence-corrected chi connectivity index (χ1v) is 7.98. The summed E-state index contributed by atoms with van der Waals surface area (Å²) in [4.78, 5) is 25.1. The Bertz CT molecular complexity index is 753. The Labute approximate surface area is 142 Å². The molecule has 0 atom stereocenters. The molecule has 0 saturated carbocycles. The maximum absolute atomic E-state index is 12.5. The minimum atomic E-state index is -1.59. The number of hydrogen-bond acceptors (Lipinski definition) is 4. The third kappa shape index (κ3) is 3.04. The van der Waals surface area contributed by atoms with Crippen LogP contribution in [0.2, 0.25) is 0 Å². The van der Waals surface area contributed by atoms with Crippen molar-refractivity contribution in [2.24, 2.45) is 5.41 Å². The van der Waals surface area contributed by atoms with Crippen LogP contribution >= 0.6 is 0 Å². The molecule has 2 aromatic carbocycles. The molecule has 0 heterocycles. The molecule has 0 unspecified atom stereocenters. The van der Waals surface area contributed by atoms with Gasteiger partial charge in [-0.2, -0.15) is 0 Å². The first kappa shape index (κ1) is 17.7. The minimum Gasteiger partial charge on any atom is -0.465 e. The smallest absolute Gasteiger partial charge is 0.327 e. The molecule has 0 aromatic heterocycles. The van der Waals surface area contributed by atoms with Crippen molar-refractivity contribution in [1.82, 2.24) is 0 Å². The number of benzene rings is 2. The standard InChI is InChI=1S/C20H22O4/c1-5-23-18(21)20(4,19(22)24-6-2)14(3)16-13-9-11-15-10-7-8-12-17(15)16/h7-13H,3,5-6H2,1-2,4H3. The van der Waals surface area contributed by atoms with Crippen molar-refractivity contribution in [3.63, 3.8) is 0 Å². The number of rotatable bonds is 6. The molecule has 0 bridgehead atoms. The van der Waals surface area contributed by atoms with Gasteiger partial charge >= 0.3 is 11.9 Å². The number of carbonyl (C=O) groups excluding carboxylic acids is 2. The maximum Gasteiger partial charge on any atom is 0.327 e. The van der Waals surface area contributed by atoms with E-state index in [1.54, 1.807) is 13.8 Å². The van der Waals surface area contributed by atoms with Gasteiger partial charge in [0.2, 0.25) is 0 Å². The monoisotopic (exact) mass is 326 g/mol. The number of ether oxygens (including phenoxy) is 2. The Balaban J connectivity index is 2.58. The highest BCUT2D eigenvalue weighted by atomic mass is 16.6. The summed E-state index contributed by atoms with van der Waals surface area (Å²) >= 11 is 0. The van der Waals surface area contributed by atoms with Crippen LogP contribution in [0.3, 0.4) is 0 Å². The summed E-state index contributed by atoms with van der Waals surface area (Å²) in [6, 6.07) is 13.4. The molecule has 0 aliphatic rings. The summed E-state index contributed by atoms with van der Waals surface area (Å²) in [6.07, 6.45) is 0. The fourth-order valence-corrected chi connectivity index (χ4v) is 2.64. The molecule has 0 saturated heterocycles. The van der Waals surface area contributed by atoms with Crippen molar-refractivity contribution in [2.75, 3.05) is 13.2 Å². The SMILES string of the molecule is C=C(c1cccc2ccccc12)C(C)(C(=O)OCC)C(=O)OCC. The fraction of sp³-hybridized carbons (Fsp3) is 0.300. The number of fused-ring (bicyclic) bond motifs is 1. The summed E-state index contributed by atoms with van der Waals surface area (Å²) in [7, 11) is 0. The van der Waals surface area contributed by atoms with E-state index in [1.807, 2.05) is 42.5 Å². The molecule has 0 amide bonds. The normalized spacial score (nSPS) is 11.1. The maximum atomic E-state index is 12.5. The lowest BCUT2D eigenvalue weighted by molar-refractivity contribution is -0.165. The highest BCUT2D eigenvalue weighted by Crippen LogP contribution is 2.39. The molecule has 0 fully saturated rings. The second-order valence-corrected chi connectivity index (χ2v) is 5.57. The quantitative estimate of drug-likeness (QED) is 0.595. The molecular weight excluding hydrogens is 304 g/mol. The molecule has 0 radical (unpaired) electrons. The van der Waals surface area contributed by atoms with Crippen LogP contribution in [0.25, 0.3) is 16.3 Å². The lowest BCUT2D eigenvalue weighted by Gasteiger charge is -2.28. The summed E-state index contributed by atoms with van der Waals surface area (Å²) in [5, 5.41) is 1.93. The van der Waals surface area contributed by atoms with Gasteiger partial charge < -0.3 is 9.47 Å². The minimum absolute atomic E-state index is 0.177. The molecular formula is C20H22O4. The van der Waals surface area contributed by atoms with Crippen LogP contribution in [-0.4, -0.2) is 25.2 Å². The Morgan fingerprint density at radius 2 is 1.50 bits per heavy atom. The summed E-state index contributed by atoms with van der Waals surface area (Å²) in [5.41, 5.74) is -0.483. The molecule has 0 N–H and O–H groups in total. The number of carbonyl (C=O) groups is 2. The zero-order chi connectivity index (χ0) is 17.7. The molecule has 24 heavy (non-hydrogen) atoms. The van der Waals surface area contributed by atoms with E-state index in [4.69, 9.17) is 9.47 Å². The van der Waals surface area contributed by atoms with Gasteiger partial charge in [0.05, 0.1) is 13.2 Å². The lowest BCUT2D eigenvalue weighted by Crippen LogP contribution is -2.40. The number of esters is 2. The Morgan fingerprint density at radius 1 is 0.958 bits per heavy atom. The molecule has 4 nitrogen and oxygen atoms in total. The van der Waals surface area contributed by atoms with Crippen molar-refractivity contribution in [3.05, 3.63) is 54.6 Å². The second kappa shape index (κ2) is 7.30. The van der Waals surface area contributed by atoms with Gasteiger partial charge in [-0.05, 0) is 42.7 Å². The molecule has 2 rings (SSSR count). The van der Waals surface area contributed by atoms with E-state index in [1.165, 1.54) is 6.92 Å². The van der Waals surface area contributed by atoms with Gasteiger partial charge in [-0.15, -0.1) is 0 Å². The molecule has 4 heteroatoms. The average molecular weight is 326 g/mol. The summed E-state index contributed by atoms with van der Waals surface area (Å²) < 4.78 is 10.3. The van der Waals surface area contributed by atoms with Gasteiger partial charge in [0.15, 0.2) is 5.41 Å². The second-order valence-electron chi connectivity index (χ2n) is 5.57. The van der Waals surface area contributed by atoms with Crippen molar-refractivity contribution in [2.45, 2.75) is 20.8 Å². The van der Waals surface area contributed by atoms with E-state index >= 15 is 0 Å². The van der Waals surface area contributed by atoms with E-state index in [-0.39, 0.29) is 13.2 Å².